The molecule has 9 rings (SSSR count). The van der Waals surface area contributed by atoms with Gasteiger partial charge >= 0.3 is 5.97 Å². The van der Waals surface area contributed by atoms with E-state index in [0.29, 0.717) is 122 Å². The number of para-hydroxylation sites is 1. The zero-order chi connectivity index (χ0) is 47.4. The number of aliphatic hydroxyl groups is 3. The van der Waals surface area contributed by atoms with Crippen LogP contribution in [0.1, 0.15) is 68.3 Å². The molecule has 3 fully saturated rings. The van der Waals surface area contributed by atoms with E-state index >= 15 is 4.79 Å². The number of carbonyl (C=O) groups excluding carboxylic acids is 2. The molecular formula is C51H72N6O10. The van der Waals surface area contributed by atoms with E-state index in [1.165, 1.54) is 7.11 Å². The van der Waals surface area contributed by atoms with Crippen molar-refractivity contribution in [1.29, 1.82) is 0 Å². The Kier molecular flexibility index (Phi) is 13.4. The number of aromatic nitrogens is 1. The van der Waals surface area contributed by atoms with Crippen LogP contribution >= 0.6 is 0 Å². The van der Waals surface area contributed by atoms with E-state index in [0.717, 1.165) is 33.4 Å². The molecule has 67 heavy (non-hydrogen) atoms. The molecule has 10 atom stereocenters. The smallest absolute Gasteiger partial charge is 0.322 e. The quantitative estimate of drug-likeness (QED) is 0.0654. The lowest BCUT2D eigenvalue weighted by Gasteiger charge is -2.63. The summed E-state index contributed by atoms with van der Waals surface area (Å²) >= 11 is 0. The van der Waals surface area contributed by atoms with Gasteiger partial charge in [-0.3, -0.25) is 19.4 Å². The molecule has 3 unspecified atom stereocenters. The topological polar surface area (TPSA) is 205 Å². The van der Waals surface area contributed by atoms with Gasteiger partial charge in [0.2, 0.25) is 0 Å². The van der Waals surface area contributed by atoms with Gasteiger partial charge < -0.3 is 59.9 Å². The molecule has 0 radical (unpaired) electrons. The van der Waals surface area contributed by atoms with Gasteiger partial charge in [-0.15, -0.1) is 0 Å². The molecule has 5 aliphatic heterocycles. The van der Waals surface area contributed by atoms with Crippen LogP contribution in [-0.4, -0.2) is 178 Å². The monoisotopic (exact) mass is 929 g/mol. The lowest BCUT2D eigenvalue weighted by atomic mass is 9.47. The Morgan fingerprint density at radius 1 is 0.940 bits per heavy atom. The van der Waals surface area contributed by atoms with Crippen LogP contribution in [0.3, 0.4) is 0 Å². The average Bonchev–Trinajstić information content (AvgIpc) is 4.00. The highest BCUT2D eigenvalue weighted by Crippen LogP contribution is 2.67. The van der Waals surface area contributed by atoms with E-state index in [-0.39, 0.29) is 25.1 Å². The van der Waals surface area contributed by atoms with Gasteiger partial charge in [0.1, 0.15) is 17.3 Å². The molecule has 1 aliphatic carbocycles. The minimum Gasteiger partial charge on any atom is -0.496 e. The highest BCUT2D eigenvalue weighted by molar-refractivity contribution is 5.95. The molecular weight excluding hydrogens is 857 g/mol. The number of nitrogens with one attached hydrogen (secondary N) is 2. The third-order valence-corrected chi connectivity index (χ3v) is 16.7. The van der Waals surface area contributed by atoms with Crippen molar-refractivity contribution in [3.8, 4) is 5.75 Å². The van der Waals surface area contributed by atoms with Crippen LogP contribution in [0.4, 0.5) is 5.69 Å². The summed E-state index contributed by atoms with van der Waals surface area (Å²) < 4.78 is 29.1. The number of H-pyrrole nitrogens is 1. The lowest BCUT2D eigenvalue weighted by molar-refractivity contribution is -0.203. The average molecular weight is 929 g/mol. The number of nitrogens with two attached hydrogens (primary N) is 1. The number of esters is 1. The van der Waals surface area contributed by atoms with Crippen molar-refractivity contribution in [3.05, 3.63) is 70.9 Å². The summed E-state index contributed by atoms with van der Waals surface area (Å²) in [5, 5.41) is 42.3. The normalized spacial score (nSPS) is 34.1. The number of rotatable bonds is 17. The predicted molar refractivity (Wildman–Crippen MR) is 253 cm³/mol. The molecule has 1 saturated carbocycles. The number of likely N-dealkylation sites (N-methyl/N-ethyl adjacent to an activating group) is 1. The molecule has 2 bridgehead atoms. The Balaban J connectivity index is 1.17. The highest BCUT2D eigenvalue weighted by atomic mass is 16.5. The van der Waals surface area contributed by atoms with Gasteiger partial charge in [-0.05, 0) is 74.2 Å². The fourth-order valence-corrected chi connectivity index (χ4v) is 14.0. The molecule has 1 amide bonds. The summed E-state index contributed by atoms with van der Waals surface area (Å²) in [5.74, 6) is -0.746. The molecule has 6 aliphatic rings. The van der Waals surface area contributed by atoms with Gasteiger partial charge in [-0.25, -0.2) is 0 Å². The maximum absolute atomic E-state index is 15.4. The fourth-order valence-electron chi connectivity index (χ4n) is 14.0. The van der Waals surface area contributed by atoms with Crippen molar-refractivity contribution in [1.82, 2.24) is 20.1 Å². The van der Waals surface area contributed by atoms with Crippen LogP contribution in [-0.2, 0) is 45.8 Å². The number of aromatic amines is 1. The van der Waals surface area contributed by atoms with E-state index in [4.69, 9.17) is 29.4 Å². The number of benzene rings is 2. The Morgan fingerprint density at radius 3 is 2.40 bits per heavy atom. The van der Waals surface area contributed by atoms with Gasteiger partial charge in [0.15, 0.2) is 5.60 Å². The number of ether oxygens (including phenoxy) is 5. The summed E-state index contributed by atoms with van der Waals surface area (Å²) in [7, 11) is 4.94. The molecule has 3 aromatic rings. The van der Waals surface area contributed by atoms with E-state index in [1.54, 1.807) is 7.11 Å². The summed E-state index contributed by atoms with van der Waals surface area (Å²) in [6, 6.07) is 11.0. The number of anilines is 1. The number of amides is 1. The van der Waals surface area contributed by atoms with E-state index in [1.807, 2.05) is 56.1 Å². The first-order valence-electron chi connectivity index (χ1n) is 24.5. The zero-order valence-electron chi connectivity index (χ0n) is 40.0. The Morgan fingerprint density at radius 2 is 1.69 bits per heavy atom. The van der Waals surface area contributed by atoms with Crippen LogP contribution in [0.5, 0.6) is 5.75 Å². The molecule has 2 saturated heterocycles. The van der Waals surface area contributed by atoms with Gasteiger partial charge in [0, 0.05) is 97.1 Å². The molecule has 16 heteroatoms. The molecule has 1 spiro atoms. The number of nitrogens with zero attached hydrogens (tertiary/aromatic N) is 3. The standard InChI is InChI=1S/C51H72N6O10/c1-6-47(61)29-33-30-50(46(60)64-5,41-35(13-19-56(31-33)32-47)34-11-8-9-12-38(34)54-41)37-27-36-39(28-40(37)63-4)55(3)43-49(36)15-20-57-18-10-14-48(7-2,42(49)57)44(58)51(43,62)45(59)53-17-22-66-24-26-67-25-23-65-21-16-52/h8-12,14,27-28,33,42-44,54,58,61-62H,6-7,13,15-26,29-32,52H2,1-5H3,(H,53,59)/t33?,42-,43+,44+,47-,48+,49?,50-,51-/m0/s1. The van der Waals surface area contributed by atoms with Gasteiger partial charge in [-0.2, -0.15) is 0 Å². The summed E-state index contributed by atoms with van der Waals surface area (Å²) in [5.41, 5.74) is 3.88. The number of hydrogen-bond acceptors (Lipinski definition) is 14. The largest absolute Gasteiger partial charge is 0.496 e. The number of fused-ring (bicyclic) bond motifs is 6. The van der Waals surface area contributed by atoms with Crippen molar-refractivity contribution in [2.24, 2.45) is 17.1 Å². The maximum Gasteiger partial charge on any atom is 0.322 e. The van der Waals surface area contributed by atoms with E-state index < -0.39 is 51.5 Å². The molecule has 1 aromatic heterocycles. The Labute approximate surface area is 394 Å². The second-order valence-corrected chi connectivity index (χ2v) is 20.0. The van der Waals surface area contributed by atoms with Gasteiger partial charge in [0.05, 0.1) is 65.5 Å². The van der Waals surface area contributed by atoms with Crippen molar-refractivity contribution >= 4 is 28.5 Å². The van der Waals surface area contributed by atoms with Crippen LogP contribution < -0.4 is 20.7 Å². The number of methoxy groups -OCH3 is 2. The van der Waals surface area contributed by atoms with Crippen LogP contribution in [0, 0.1) is 11.3 Å². The molecule has 2 aromatic carbocycles. The van der Waals surface area contributed by atoms with Gasteiger partial charge in [0.25, 0.3) is 5.91 Å². The minimum absolute atomic E-state index is 0.101. The lowest BCUT2D eigenvalue weighted by Crippen LogP contribution is -2.81. The van der Waals surface area contributed by atoms with Crippen LogP contribution in [0.15, 0.2) is 48.6 Å². The van der Waals surface area contributed by atoms with Crippen molar-refractivity contribution in [3.63, 3.8) is 0 Å². The predicted octanol–water partition coefficient (Wildman–Crippen LogP) is 2.37. The van der Waals surface area contributed by atoms with Gasteiger partial charge in [-0.1, -0.05) is 44.2 Å². The van der Waals surface area contributed by atoms with E-state index in [9.17, 15) is 20.1 Å². The number of piperidine rings is 1. The third kappa shape index (κ3) is 7.43. The maximum atomic E-state index is 15.4. The van der Waals surface area contributed by atoms with Crippen molar-refractivity contribution in [2.45, 2.75) is 92.6 Å². The minimum atomic E-state index is -2.29. The van der Waals surface area contributed by atoms with Crippen molar-refractivity contribution in [2.75, 3.05) is 112 Å². The third-order valence-electron chi connectivity index (χ3n) is 16.7. The highest BCUT2D eigenvalue weighted by Gasteiger charge is 2.78. The number of hydrogen-bond donors (Lipinski definition) is 6. The van der Waals surface area contributed by atoms with Crippen LogP contribution in [0.25, 0.3) is 10.9 Å². The summed E-state index contributed by atoms with van der Waals surface area (Å²) in [6.07, 6.45) is 5.74. The van der Waals surface area contributed by atoms with E-state index in [2.05, 4.69) is 38.3 Å². The first-order chi connectivity index (χ1) is 32.3. The number of carbonyl (C=O) groups is 2. The van der Waals surface area contributed by atoms with Crippen molar-refractivity contribution < 1.29 is 48.6 Å². The SMILES string of the molecule is CC[C@]1(O)CC2CN(CCc3c([nH]c4ccccc34)[C@@](C(=O)OC)(c3cc4c(cc3OC)N(C)[C@@H]3C45CCN4CC=C[C@](CC)([C@H]45)[C@@H](O)[C@]3(O)C(=O)NCCOCCOCCOCCN)C2)C1. The number of aliphatic hydroxyl groups excluding tert-OH is 1. The first kappa shape index (κ1) is 47.9. The molecule has 6 heterocycles. The van der Waals surface area contributed by atoms with Crippen LogP contribution in [0.2, 0.25) is 0 Å². The summed E-state index contributed by atoms with van der Waals surface area (Å²) in [6.45, 7) is 10.1. The fraction of sp³-hybridized carbons (Fsp3) is 0.647. The first-order valence-corrected chi connectivity index (χ1v) is 24.5. The second-order valence-electron chi connectivity index (χ2n) is 20.0. The summed E-state index contributed by atoms with van der Waals surface area (Å²) in [4.78, 5) is 40.9. The molecule has 7 N–H and O–H groups in total. The zero-order valence-corrected chi connectivity index (χ0v) is 40.0. The Bertz CT molecular complexity index is 2340. The molecule has 366 valence electrons. The second kappa shape index (κ2) is 18.7. The Hall–Kier alpha value is -4.10. The molecule has 16 nitrogen and oxygen atoms in total.